The second-order valence-corrected chi connectivity index (χ2v) is 12.1. The van der Waals surface area contributed by atoms with E-state index in [0.717, 1.165) is 11.6 Å². The number of methoxy groups -OCH3 is 2. The molecule has 0 aromatic heterocycles. The molecule has 4 aromatic rings. The summed E-state index contributed by atoms with van der Waals surface area (Å²) in [5.74, 6) is -0.470. The Morgan fingerprint density at radius 1 is 0.837 bits per heavy atom. The van der Waals surface area contributed by atoms with E-state index in [2.05, 4.69) is 10.6 Å². The first-order valence-corrected chi connectivity index (χ1v) is 15.0. The SMILES string of the molecule is COc1ccc(S(=O)(=O)N2CC[C@H](c3ccc(-c4cc(F)cc(F)c4)cc3)[C@@H](NC(=O)Nc3cccc(OC)c3)C2)cc1. The van der Waals surface area contributed by atoms with Crippen molar-refractivity contribution in [1.29, 1.82) is 0 Å². The maximum Gasteiger partial charge on any atom is 0.319 e. The van der Waals surface area contributed by atoms with E-state index in [1.54, 1.807) is 48.5 Å². The Kier molecular flexibility index (Phi) is 8.93. The maximum atomic E-state index is 13.8. The van der Waals surface area contributed by atoms with E-state index in [4.69, 9.17) is 9.47 Å². The van der Waals surface area contributed by atoms with Gasteiger partial charge in [-0.1, -0.05) is 30.3 Å². The Morgan fingerprint density at radius 3 is 2.16 bits per heavy atom. The summed E-state index contributed by atoms with van der Waals surface area (Å²) in [5.41, 5.74) is 2.39. The molecule has 1 aliphatic rings. The third kappa shape index (κ3) is 6.95. The van der Waals surface area contributed by atoms with Gasteiger partial charge in [0.05, 0.1) is 25.2 Å². The first-order chi connectivity index (χ1) is 20.7. The Morgan fingerprint density at radius 2 is 1.51 bits per heavy atom. The number of sulfonamides is 1. The van der Waals surface area contributed by atoms with Gasteiger partial charge in [0.1, 0.15) is 23.1 Å². The highest BCUT2D eigenvalue weighted by atomic mass is 32.2. The second-order valence-electron chi connectivity index (χ2n) is 10.2. The highest BCUT2D eigenvalue weighted by Crippen LogP contribution is 2.33. The van der Waals surface area contributed by atoms with Crippen LogP contribution < -0.4 is 20.1 Å². The molecule has 0 unspecified atom stereocenters. The van der Waals surface area contributed by atoms with E-state index in [0.29, 0.717) is 34.7 Å². The van der Waals surface area contributed by atoms with Crippen molar-refractivity contribution in [3.05, 3.63) is 108 Å². The summed E-state index contributed by atoms with van der Waals surface area (Å²) in [6.45, 7) is 0.257. The van der Waals surface area contributed by atoms with Crippen LogP contribution in [0.3, 0.4) is 0 Å². The van der Waals surface area contributed by atoms with Crippen LogP contribution in [0.1, 0.15) is 17.9 Å². The van der Waals surface area contributed by atoms with Crippen molar-refractivity contribution in [2.75, 3.05) is 32.6 Å². The first-order valence-electron chi connectivity index (χ1n) is 13.6. The average Bonchev–Trinajstić information content (AvgIpc) is 3.00. The predicted molar refractivity (Wildman–Crippen MR) is 160 cm³/mol. The lowest BCUT2D eigenvalue weighted by Crippen LogP contribution is -2.53. The van der Waals surface area contributed by atoms with Crippen LogP contribution in [0.2, 0.25) is 0 Å². The fraction of sp³-hybridized carbons (Fsp3) is 0.219. The lowest BCUT2D eigenvalue weighted by molar-refractivity contribution is 0.227. The van der Waals surface area contributed by atoms with Crippen molar-refractivity contribution in [3.8, 4) is 22.6 Å². The van der Waals surface area contributed by atoms with Gasteiger partial charge in [-0.25, -0.2) is 22.0 Å². The van der Waals surface area contributed by atoms with Crippen LogP contribution in [0.15, 0.2) is 95.9 Å². The fourth-order valence-corrected chi connectivity index (χ4v) is 6.74. The number of nitrogens with zero attached hydrogens (tertiary/aromatic N) is 1. The molecule has 2 amide bonds. The maximum absolute atomic E-state index is 13.8. The standard InChI is InChI=1S/C32H31F2N3O5S/c1-41-27-10-12-29(13-11-27)43(39,40)37-15-14-30(22-8-6-21(7-9-22)23-16-24(33)18-25(34)17-23)31(20-37)36-32(38)35-26-4-3-5-28(19-26)42-2/h3-13,16-19,30-31H,14-15,20H2,1-2H3,(H2,35,36,38)/t30-,31+/m1/s1. The Labute approximate surface area is 249 Å². The zero-order valence-electron chi connectivity index (χ0n) is 23.6. The monoisotopic (exact) mass is 607 g/mol. The lowest BCUT2D eigenvalue weighted by Gasteiger charge is -2.38. The molecule has 1 aliphatic heterocycles. The molecule has 0 saturated carbocycles. The first kappa shape index (κ1) is 30.0. The van der Waals surface area contributed by atoms with E-state index in [1.807, 2.05) is 12.1 Å². The number of hydrogen-bond donors (Lipinski definition) is 2. The Balaban J connectivity index is 1.40. The highest BCUT2D eigenvalue weighted by Gasteiger charge is 2.37. The summed E-state index contributed by atoms with van der Waals surface area (Å²) < 4.78 is 66.5. The summed E-state index contributed by atoms with van der Waals surface area (Å²) in [6, 6.07) is 22.5. The molecule has 1 fully saturated rings. The van der Waals surface area contributed by atoms with Crippen LogP contribution in [-0.2, 0) is 10.0 Å². The van der Waals surface area contributed by atoms with Crippen molar-refractivity contribution < 1.29 is 31.5 Å². The van der Waals surface area contributed by atoms with Crippen molar-refractivity contribution in [1.82, 2.24) is 9.62 Å². The smallest absolute Gasteiger partial charge is 0.319 e. The Bertz CT molecular complexity index is 1680. The molecule has 0 radical (unpaired) electrons. The molecule has 43 heavy (non-hydrogen) atoms. The molecule has 0 aliphatic carbocycles. The van der Waals surface area contributed by atoms with Gasteiger partial charge >= 0.3 is 6.03 Å². The van der Waals surface area contributed by atoms with Gasteiger partial charge in [0.2, 0.25) is 10.0 Å². The van der Waals surface area contributed by atoms with Crippen LogP contribution in [0, 0.1) is 11.6 Å². The van der Waals surface area contributed by atoms with Crippen LogP contribution in [-0.4, -0.2) is 52.1 Å². The molecule has 5 rings (SSSR count). The van der Waals surface area contributed by atoms with Gasteiger partial charge in [-0.05, 0) is 71.6 Å². The van der Waals surface area contributed by atoms with Gasteiger partial charge in [-0.3, -0.25) is 0 Å². The van der Waals surface area contributed by atoms with Crippen molar-refractivity contribution in [2.24, 2.45) is 0 Å². The zero-order valence-corrected chi connectivity index (χ0v) is 24.4. The number of anilines is 1. The number of ether oxygens (including phenoxy) is 2. The lowest BCUT2D eigenvalue weighted by atomic mass is 9.85. The number of hydrogen-bond acceptors (Lipinski definition) is 5. The minimum absolute atomic E-state index is 0.0292. The van der Waals surface area contributed by atoms with Crippen LogP contribution in [0.5, 0.6) is 11.5 Å². The van der Waals surface area contributed by atoms with Gasteiger partial charge in [-0.2, -0.15) is 4.31 Å². The highest BCUT2D eigenvalue weighted by molar-refractivity contribution is 7.89. The van der Waals surface area contributed by atoms with E-state index in [-0.39, 0.29) is 23.9 Å². The Hall–Kier alpha value is -4.48. The van der Waals surface area contributed by atoms with Gasteiger partial charge in [0.15, 0.2) is 0 Å². The molecule has 2 N–H and O–H groups in total. The number of carbonyl (C=O) groups is 1. The molecule has 11 heteroatoms. The molecule has 1 heterocycles. The molecular weight excluding hydrogens is 576 g/mol. The molecule has 0 spiro atoms. The summed E-state index contributed by atoms with van der Waals surface area (Å²) in [6.07, 6.45) is 0.424. The number of piperidine rings is 1. The number of rotatable bonds is 8. The zero-order chi connectivity index (χ0) is 30.6. The molecule has 1 saturated heterocycles. The predicted octanol–water partition coefficient (Wildman–Crippen LogP) is 6.02. The normalized spacial score (nSPS) is 17.2. The molecule has 0 bridgehead atoms. The fourth-order valence-electron chi connectivity index (χ4n) is 5.26. The van der Waals surface area contributed by atoms with Crippen LogP contribution in [0.25, 0.3) is 11.1 Å². The third-order valence-electron chi connectivity index (χ3n) is 7.45. The number of urea groups is 1. The van der Waals surface area contributed by atoms with E-state index in [1.165, 1.54) is 42.8 Å². The quantitative estimate of drug-likeness (QED) is 0.256. The number of nitrogens with one attached hydrogen (secondary N) is 2. The molecular formula is C32H31F2N3O5S. The van der Waals surface area contributed by atoms with E-state index in [9.17, 15) is 22.0 Å². The molecule has 4 aromatic carbocycles. The topological polar surface area (TPSA) is 97.0 Å². The van der Waals surface area contributed by atoms with Crippen molar-refractivity contribution in [3.63, 3.8) is 0 Å². The van der Waals surface area contributed by atoms with Crippen LogP contribution >= 0.6 is 0 Å². The summed E-state index contributed by atoms with van der Waals surface area (Å²) in [5, 5.41) is 5.76. The van der Waals surface area contributed by atoms with Gasteiger partial charge in [0, 0.05) is 36.8 Å². The minimum Gasteiger partial charge on any atom is -0.497 e. The van der Waals surface area contributed by atoms with Gasteiger partial charge in [-0.15, -0.1) is 0 Å². The summed E-state index contributed by atoms with van der Waals surface area (Å²) in [7, 11) is -0.830. The van der Waals surface area contributed by atoms with Crippen molar-refractivity contribution >= 4 is 21.7 Å². The van der Waals surface area contributed by atoms with Crippen LogP contribution in [0.4, 0.5) is 19.3 Å². The summed E-state index contributed by atoms with van der Waals surface area (Å²) >= 11 is 0. The summed E-state index contributed by atoms with van der Waals surface area (Å²) in [4.78, 5) is 13.3. The number of halogens is 2. The largest absolute Gasteiger partial charge is 0.497 e. The number of benzene rings is 4. The van der Waals surface area contributed by atoms with Gasteiger partial charge in [0.25, 0.3) is 0 Å². The van der Waals surface area contributed by atoms with E-state index < -0.39 is 33.7 Å². The molecule has 8 nitrogen and oxygen atoms in total. The minimum atomic E-state index is -3.86. The van der Waals surface area contributed by atoms with E-state index >= 15 is 0 Å². The number of carbonyl (C=O) groups excluding carboxylic acids is 1. The average molecular weight is 608 g/mol. The van der Waals surface area contributed by atoms with Crippen molar-refractivity contribution in [2.45, 2.75) is 23.3 Å². The molecule has 224 valence electrons. The second kappa shape index (κ2) is 12.8. The number of amides is 2. The van der Waals surface area contributed by atoms with Gasteiger partial charge < -0.3 is 20.1 Å². The molecule has 2 atom stereocenters. The third-order valence-corrected chi connectivity index (χ3v) is 9.33.